The second-order valence-electron chi connectivity index (χ2n) is 11.4. The first-order valence-corrected chi connectivity index (χ1v) is 17.2. The first kappa shape index (κ1) is 32.8. The highest BCUT2D eigenvalue weighted by atomic mass is 35.5. The fourth-order valence-corrected chi connectivity index (χ4v) is 6.96. The van der Waals surface area contributed by atoms with E-state index in [0.29, 0.717) is 21.3 Å². The lowest BCUT2D eigenvalue weighted by atomic mass is 10.0. The summed E-state index contributed by atoms with van der Waals surface area (Å²) in [7, 11) is -3.88. The molecule has 0 bridgehead atoms. The van der Waals surface area contributed by atoms with Gasteiger partial charge in [-0.1, -0.05) is 104 Å². The summed E-state index contributed by atoms with van der Waals surface area (Å²) in [5.74, 6) is -0.820. The minimum absolute atomic E-state index is 0.0107. The number of amides is 2. The van der Waals surface area contributed by atoms with Gasteiger partial charge in [-0.05, 0) is 48.1 Å². The molecule has 0 heterocycles. The number of sulfonamides is 1. The van der Waals surface area contributed by atoms with Gasteiger partial charge in [0.1, 0.15) is 12.6 Å². The second-order valence-corrected chi connectivity index (χ2v) is 14.1. The molecule has 1 fully saturated rings. The van der Waals surface area contributed by atoms with Crippen molar-refractivity contribution >= 4 is 50.7 Å². The number of anilines is 1. The summed E-state index contributed by atoms with van der Waals surface area (Å²) in [6.45, 7) is 3.37. The smallest absolute Gasteiger partial charge is 0.244 e. The van der Waals surface area contributed by atoms with E-state index in [-0.39, 0.29) is 30.8 Å². The average Bonchev–Trinajstić information content (AvgIpc) is 3.47. The average molecular weight is 645 g/mol. The van der Waals surface area contributed by atoms with Crippen LogP contribution in [0.5, 0.6) is 0 Å². The van der Waals surface area contributed by atoms with Gasteiger partial charge in [0.25, 0.3) is 0 Å². The Balaban J connectivity index is 1.79. The topological polar surface area (TPSA) is 86.8 Å². The van der Waals surface area contributed by atoms with Gasteiger partial charge >= 0.3 is 0 Å². The van der Waals surface area contributed by atoms with Gasteiger partial charge in [-0.3, -0.25) is 13.9 Å². The molecule has 0 radical (unpaired) electrons. The number of nitrogens with one attached hydrogen (secondary N) is 1. The van der Waals surface area contributed by atoms with Crippen molar-refractivity contribution < 1.29 is 18.0 Å². The molecule has 1 saturated carbocycles. The maximum atomic E-state index is 14.4. The summed E-state index contributed by atoms with van der Waals surface area (Å²) < 4.78 is 27.5. The molecule has 230 valence electrons. The van der Waals surface area contributed by atoms with Gasteiger partial charge in [0, 0.05) is 34.6 Å². The molecule has 0 saturated heterocycles. The third kappa shape index (κ3) is 8.52. The molecular formula is C33H39Cl2N3O4S. The van der Waals surface area contributed by atoms with Crippen molar-refractivity contribution in [2.75, 3.05) is 17.1 Å². The molecule has 0 unspecified atom stereocenters. The van der Waals surface area contributed by atoms with Crippen LogP contribution in [-0.4, -0.2) is 50.0 Å². The van der Waals surface area contributed by atoms with Crippen LogP contribution in [0.15, 0.2) is 72.8 Å². The van der Waals surface area contributed by atoms with Crippen molar-refractivity contribution in [2.24, 2.45) is 0 Å². The third-order valence-corrected chi connectivity index (χ3v) is 9.70. The van der Waals surface area contributed by atoms with E-state index in [1.165, 1.54) is 4.90 Å². The zero-order chi connectivity index (χ0) is 31.1. The van der Waals surface area contributed by atoms with Crippen LogP contribution in [0.1, 0.15) is 62.1 Å². The predicted molar refractivity (Wildman–Crippen MR) is 174 cm³/mol. The third-order valence-electron chi connectivity index (χ3n) is 7.87. The second kappa shape index (κ2) is 14.6. The molecule has 1 aliphatic rings. The van der Waals surface area contributed by atoms with E-state index in [2.05, 4.69) is 5.32 Å². The van der Waals surface area contributed by atoms with Crippen LogP contribution in [0.2, 0.25) is 10.0 Å². The van der Waals surface area contributed by atoms with Gasteiger partial charge in [0.2, 0.25) is 21.8 Å². The molecule has 7 nitrogen and oxygen atoms in total. The highest BCUT2D eigenvalue weighted by molar-refractivity contribution is 7.92. The lowest BCUT2D eigenvalue weighted by Gasteiger charge is -2.35. The number of carbonyl (C=O) groups is 2. The Hall–Kier alpha value is -3.07. The summed E-state index contributed by atoms with van der Waals surface area (Å²) in [5.41, 5.74) is 2.57. The van der Waals surface area contributed by atoms with Gasteiger partial charge in [-0.2, -0.15) is 0 Å². The first-order valence-electron chi connectivity index (χ1n) is 14.6. The Kier molecular flexibility index (Phi) is 11.2. The minimum Gasteiger partial charge on any atom is -0.352 e. The Morgan fingerprint density at radius 3 is 2.12 bits per heavy atom. The van der Waals surface area contributed by atoms with Gasteiger partial charge in [0.15, 0.2) is 0 Å². The van der Waals surface area contributed by atoms with Crippen molar-refractivity contribution in [3.05, 3.63) is 99.5 Å². The standard InChI is InChI=1S/C33H39Cl2N3O4S/c1-23(2)26-16-9-10-19-30(26)38(43(3,41)42)22-32(39)37(21-27-28(34)17-11-18-29(27)35)31(20-24-12-5-4-6-13-24)33(40)36-25-14-7-8-15-25/h4-6,9-13,16-19,23,25,31H,7-8,14-15,20-22H2,1-3H3,(H,36,40)/t31-/m0/s1. The van der Waals surface area contributed by atoms with E-state index in [1.807, 2.05) is 56.3 Å². The van der Waals surface area contributed by atoms with Crippen LogP contribution in [0.4, 0.5) is 5.69 Å². The number of rotatable bonds is 12. The van der Waals surface area contributed by atoms with Crippen molar-refractivity contribution in [1.29, 1.82) is 0 Å². The van der Waals surface area contributed by atoms with E-state index >= 15 is 0 Å². The lowest BCUT2D eigenvalue weighted by Crippen LogP contribution is -2.54. The predicted octanol–water partition coefficient (Wildman–Crippen LogP) is 6.58. The normalized spacial score (nSPS) is 14.5. The van der Waals surface area contributed by atoms with E-state index in [4.69, 9.17) is 23.2 Å². The molecule has 0 aromatic heterocycles. The van der Waals surface area contributed by atoms with E-state index in [9.17, 15) is 18.0 Å². The van der Waals surface area contributed by atoms with Crippen molar-refractivity contribution in [2.45, 2.75) is 70.5 Å². The number of nitrogens with zero attached hydrogens (tertiary/aromatic N) is 2. The fourth-order valence-electron chi connectivity index (χ4n) is 5.57. The zero-order valence-corrected chi connectivity index (χ0v) is 27.1. The number of halogens is 2. The Bertz CT molecular complexity index is 1510. The number of carbonyl (C=O) groups excluding carboxylic acids is 2. The van der Waals surface area contributed by atoms with Crippen LogP contribution in [-0.2, 0) is 32.6 Å². The molecule has 1 aliphatic carbocycles. The van der Waals surface area contributed by atoms with Crippen LogP contribution >= 0.6 is 23.2 Å². The molecule has 0 aliphatic heterocycles. The molecule has 2 amide bonds. The Morgan fingerprint density at radius 2 is 1.51 bits per heavy atom. The number of para-hydroxylation sites is 1. The summed E-state index contributed by atoms with van der Waals surface area (Å²) in [6.07, 6.45) is 5.13. The lowest BCUT2D eigenvalue weighted by molar-refractivity contribution is -0.140. The van der Waals surface area contributed by atoms with Crippen LogP contribution in [0.25, 0.3) is 0 Å². The molecule has 3 aromatic rings. The first-order chi connectivity index (χ1) is 20.5. The molecule has 3 aromatic carbocycles. The maximum absolute atomic E-state index is 14.4. The van der Waals surface area contributed by atoms with Gasteiger partial charge < -0.3 is 10.2 Å². The van der Waals surface area contributed by atoms with Crippen molar-refractivity contribution in [3.63, 3.8) is 0 Å². The van der Waals surface area contributed by atoms with Gasteiger partial charge in [-0.15, -0.1) is 0 Å². The Labute approximate surface area is 265 Å². The van der Waals surface area contributed by atoms with Gasteiger partial charge in [-0.25, -0.2) is 8.42 Å². The SMILES string of the molecule is CC(C)c1ccccc1N(CC(=O)N(Cc1c(Cl)cccc1Cl)[C@@H](Cc1ccccc1)C(=O)NC1CCCC1)S(C)(=O)=O. The van der Waals surface area contributed by atoms with E-state index in [1.54, 1.807) is 30.3 Å². The Morgan fingerprint density at radius 1 is 0.907 bits per heavy atom. The number of hydrogen-bond acceptors (Lipinski definition) is 4. The highest BCUT2D eigenvalue weighted by Crippen LogP contribution is 2.31. The quantitative estimate of drug-likeness (QED) is 0.241. The van der Waals surface area contributed by atoms with Crippen molar-refractivity contribution in [3.8, 4) is 0 Å². The van der Waals surface area contributed by atoms with Crippen LogP contribution < -0.4 is 9.62 Å². The van der Waals surface area contributed by atoms with Gasteiger partial charge in [0.05, 0.1) is 11.9 Å². The molecular weight excluding hydrogens is 605 g/mol. The zero-order valence-electron chi connectivity index (χ0n) is 24.8. The molecule has 0 spiro atoms. The van der Waals surface area contributed by atoms with Crippen LogP contribution in [0, 0.1) is 0 Å². The van der Waals surface area contributed by atoms with Crippen molar-refractivity contribution in [1.82, 2.24) is 10.2 Å². The fraction of sp³-hybridized carbons (Fsp3) is 0.394. The summed E-state index contributed by atoms with van der Waals surface area (Å²) >= 11 is 13.1. The summed E-state index contributed by atoms with van der Waals surface area (Å²) in [5, 5.41) is 3.86. The minimum atomic E-state index is -3.88. The molecule has 43 heavy (non-hydrogen) atoms. The summed E-state index contributed by atoms with van der Waals surface area (Å²) in [6, 6.07) is 20.8. The van der Waals surface area contributed by atoms with Crippen LogP contribution in [0.3, 0.4) is 0 Å². The molecule has 4 rings (SSSR count). The largest absolute Gasteiger partial charge is 0.352 e. The van der Waals surface area contributed by atoms with E-state index in [0.717, 1.165) is 47.4 Å². The molecule has 1 atom stereocenters. The highest BCUT2D eigenvalue weighted by Gasteiger charge is 2.35. The maximum Gasteiger partial charge on any atom is 0.244 e. The summed E-state index contributed by atoms with van der Waals surface area (Å²) in [4.78, 5) is 29.8. The number of hydrogen-bond donors (Lipinski definition) is 1. The van der Waals surface area contributed by atoms with E-state index < -0.39 is 28.5 Å². The molecule has 1 N–H and O–H groups in total. The number of benzene rings is 3. The monoisotopic (exact) mass is 643 g/mol. The molecule has 10 heteroatoms.